The van der Waals surface area contributed by atoms with Crippen LogP contribution in [0, 0.1) is 13.8 Å². The van der Waals surface area contributed by atoms with E-state index in [4.69, 9.17) is 5.73 Å². The molecule has 5 heteroatoms. The largest absolute Gasteiger partial charge is 0.391 e. The van der Waals surface area contributed by atoms with Gasteiger partial charge < -0.3 is 10.8 Å². The van der Waals surface area contributed by atoms with E-state index in [-0.39, 0.29) is 12.5 Å². The maximum atomic E-state index is 11.5. The molecule has 0 radical (unpaired) electrons. The third kappa shape index (κ3) is 3.78. The molecule has 1 aromatic carbocycles. The average molecular weight is 285 g/mol. The van der Waals surface area contributed by atoms with Crippen molar-refractivity contribution in [2.24, 2.45) is 5.73 Å². The Morgan fingerprint density at radius 1 is 1.26 bits per heavy atom. The second-order valence-electron chi connectivity index (χ2n) is 5.21. The molecule has 0 bridgehead atoms. The van der Waals surface area contributed by atoms with E-state index >= 15 is 0 Å². The van der Waals surface area contributed by atoms with Crippen LogP contribution in [0.1, 0.15) is 29.5 Å². The van der Waals surface area contributed by atoms with Gasteiger partial charge in [0.15, 0.2) is 9.84 Å². The molecule has 0 heterocycles. The lowest BCUT2D eigenvalue weighted by Gasteiger charge is -2.26. The van der Waals surface area contributed by atoms with Crippen molar-refractivity contribution in [2.75, 3.05) is 12.8 Å². The van der Waals surface area contributed by atoms with E-state index in [9.17, 15) is 13.5 Å². The topological polar surface area (TPSA) is 80.4 Å². The minimum Gasteiger partial charge on any atom is -0.391 e. The molecule has 1 rings (SSSR count). The first-order chi connectivity index (χ1) is 8.68. The summed E-state index contributed by atoms with van der Waals surface area (Å²) >= 11 is 0. The van der Waals surface area contributed by atoms with Crippen LogP contribution >= 0.6 is 0 Å². The standard InChI is InChI=1S/C14H23NO3S/c1-9-5-6-12(7-10(9)2)13(8-15)14(16)11(3)19(4,17)18/h5-7,11,13-14,16H,8,15H2,1-4H3. The van der Waals surface area contributed by atoms with Gasteiger partial charge in [-0.25, -0.2) is 8.42 Å². The van der Waals surface area contributed by atoms with Gasteiger partial charge in [-0.15, -0.1) is 0 Å². The Labute approximate surface area is 115 Å². The Kier molecular flexibility index (Phi) is 5.12. The minimum absolute atomic E-state index is 0.212. The van der Waals surface area contributed by atoms with Crippen LogP contribution in [0.5, 0.6) is 0 Å². The Balaban J connectivity index is 3.09. The highest BCUT2D eigenvalue weighted by molar-refractivity contribution is 7.91. The molecule has 0 fully saturated rings. The van der Waals surface area contributed by atoms with Gasteiger partial charge in [-0.05, 0) is 37.5 Å². The molecule has 0 spiro atoms. The van der Waals surface area contributed by atoms with Gasteiger partial charge >= 0.3 is 0 Å². The summed E-state index contributed by atoms with van der Waals surface area (Å²) in [5.41, 5.74) is 8.87. The number of aliphatic hydroxyl groups excluding tert-OH is 1. The highest BCUT2D eigenvalue weighted by Crippen LogP contribution is 2.25. The third-order valence-corrected chi connectivity index (χ3v) is 5.41. The zero-order chi connectivity index (χ0) is 14.8. The molecule has 19 heavy (non-hydrogen) atoms. The Hall–Kier alpha value is -0.910. The third-order valence-electron chi connectivity index (χ3n) is 3.78. The van der Waals surface area contributed by atoms with Gasteiger partial charge in [0.1, 0.15) is 0 Å². The number of hydrogen-bond donors (Lipinski definition) is 2. The van der Waals surface area contributed by atoms with Crippen LogP contribution in [0.15, 0.2) is 18.2 Å². The van der Waals surface area contributed by atoms with Crippen molar-refractivity contribution in [3.8, 4) is 0 Å². The molecule has 3 N–H and O–H groups in total. The van der Waals surface area contributed by atoms with Crippen LogP contribution in [-0.2, 0) is 9.84 Å². The van der Waals surface area contributed by atoms with E-state index in [0.29, 0.717) is 0 Å². The molecule has 108 valence electrons. The summed E-state index contributed by atoms with van der Waals surface area (Å²) in [4.78, 5) is 0. The fourth-order valence-electron chi connectivity index (χ4n) is 2.05. The van der Waals surface area contributed by atoms with E-state index in [0.717, 1.165) is 22.9 Å². The summed E-state index contributed by atoms with van der Waals surface area (Å²) in [6.45, 7) is 5.72. The lowest BCUT2D eigenvalue weighted by molar-refractivity contribution is 0.144. The first kappa shape index (κ1) is 16.1. The summed E-state index contributed by atoms with van der Waals surface area (Å²) in [5.74, 6) is -0.371. The number of sulfone groups is 1. The van der Waals surface area contributed by atoms with Gasteiger partial charge in [0.2, 0.25) is 0 Å². The molecule has 0 aliphatic carbocycles. The number of benzene rings is 1. The van der Waals surface area contributed by atoms with Gasteiger partial charge in [0, 0.05) is 18.7 Å². The molecular formula is C14H23NO3S. The van der Waals surface area contributed by atoms with Crippen molar-refractivity contribution < 1.29 is 13.5 Å². The molecule has 0 saturated carbocycles. The second kappa shape index (κ2) is 6.03. The van der Waals surface area contributed by atoms with Crippen LogP contribution in [-0.4, -0.2) is 37.7 Å². The van der Waals surface area contributed by atoms with Crippen molar-refractivity contribution in [3.05, 3.63) is 34.9 Å². The Bertz CT molecular complexity index is 540. The van der Waals surface area contributed by atoms with Gasteiger partial charge in [-0.3, -0.25) is 0 Å². The van der Waals surface area contributed by atoms with Crippen LogP contribution < -0.4 is 5.73 Å². The van der Waals surface area contributed by atoms with Crippen molar-refractivity contribution in [1.29, 1.82) is 0 Å². The molecule has 4 nitrogen and oxygen atoms in total. The van der Waals surface area contributed by atoms with Crippen LogP contribution in [0.2, 0.25) is 0 Å². The van der Waals surface area contributed by atoms with E-state index in [1.807, 2.05) is 32.0 Å². The number of aliphatic hydroxyl groups is 1. The van der Waals surface area contributed by atoms with Gasteiger partial charge in [-0.2, -0.15) is 0 Å². The van der Waals surface area contributed by atoms with Crippen LogP contribution in [0.25, 0.3) is 0 Å². The van der Waals surface area contributed by atoms with E-state index in [1.54, 1.807) is 0 Å². The first-order valence-corrected chi connectivity index (χ1v) is 8.28. The normalized spacial score (nSPS) is 16.9. The maximum Gasteiger partial charge on any atom is 0.152 e. The van der Waals surface area contributed by atoms with Crippen LogP contribution in [0.3, 0.4) is 0 Å². The van der Waals surface area contributed by atoms with Gasteiger partial charge in [-0.1, -0.05) is 18.2 Å². The zero-order valence-electron chi connectivity index (χ0n) is 11.9. The summed E-state index contributed by atoms with van der Waals surface area (Å²) < 4.78 is 23.1. The summed E-state index contributed by atoms with van der Waals surface area (Å²) in [6.07, 6.45) is 0.136. The molecule has 0 amide bonds. The Morgan fingerprint density at radius 2 is 1.84 bits per heavy atom. The number of aryl methyl sites for hydroxylation is 2. The van der Waals surface area contributed by atoms with E-state index < -0.39 is 21.2 Å². The van der Waals surface area contributed by atoms with Crippen LogP contribution in [0.4, 0.5) is 0 Å². The fourth-order valence-corrected chi connectivity index (χ4v) is 2.74. The highest BCUT2D eigenvalue weighted by atomic mass is 32.2. The quantitative estimate of drug-likeness (QED) is 0.850. The lowest BCUT2D eigenvalue weighted by Crippen LogP contribution is -2.38. The molecule has 0 aliphatic heterocycles. The maximum absolute atomic E-state index is 11.5. The second-order valence-corrected chi connectivity index (χ2v) is 7.61. The number of hydrogen-bond acceptors (Lipinski definition) is 4. The predicted octanol–water partition coefficient (Wildman–Crippen LogP) is 1.14. The predicted molar refractivity (Wildman–Crippen MR) is 78.0 cm³/mol. The van der Waals surface area contributed by atoms with Crippen molar-refractivity contribution in [2.45, 2.75) is 38.0 Å². The minimum atomic E-state index is -3.29. The molecule has 3 atom stereocenters. The summed E-state index contributed by atoms with van der Waals surface area (Å²) in [5, 5.41) is 9.44. The lowest BCUT2D eigenvalue weighted by atomic mass is 9.90. The summed E-state index contributed by atoms with van der Waals surface area (Å²) in [6, 6.07) is 5.83. The monoisotopic (exact) mass is 285 g/mol. The van der Waals surface area contributed by atoms with Crippen molar-refractivity contribution in [3.63, 3.8) is 0 Å². The first-order valence-electron chi connectivity index (χ1n) is 6.32. The van der Waals surface area contributed by atoms with Crippen molar-refractivity contribution in [1.82, 2.24) is 0 Å². The number of nitrogens with two attached hydrogens (primary N) is 1. The Morgan fingerprint density at radius 3 is 2.26 bits per heavy atom. The van der Waals surface area contributed by atoms with E-state index in [1.165, 1.54) is 6.92 Å². The van der Waals surface area contributed by atoms with Gasteiger partial charge in [0.05, 0.1) is 11.4 Å². The van der Waals surface area contributed by atoms with Crippen molar-refractivity contribution >= 4 is 9.84 Å². The highest BCUT2D eigenvalue weighted by Gasteiger charge is 2.31. The molecular weight excluding hydrogens is 262 g/mol. The molecule has 3 unspecified atom stereocenters. The van der Waals surface area contributed by atoms with E-state index in [2.05, 4.69) is 0 Å². The SMILES string of the molecule is Cc1ccc(C(CN)C(O)C(C)S(C)(=O)=O)cc1C. The van der Waals surface area contributed by atoms with Gasteiger partial charge in [0.25, 0.3) is 0 Å². The smallest absolute Gasteiger partial charge is 0.152 e. The summed E-state index contributed by atoms with van der Waals surface area (Å²) in [7, 11) is -3.29. The average Bonchev–Trinajstić information content (AvgIpc) is 2.32. The molecule has 0 aliphatic rings. The number of rotatable bonds is 5. The fraction of sp³-hybridized carbons (Fsp3) is 0.571. The molecule has 1 aromatic rings. The molecule has 0 aromatic heterocycles. The molecule has 0 saturated heterocycles. The zero-order valence-corrected chi connectivity index (χ0v) is 12.7.